The van der Waals surface area contributed by atoms with Gasteiger partial charge in [-0.25, -0.2) is 9.78 Å². The van der Waals surface area contributed by atoms with Crippen molar-refractivity contribution in [2.75, 3.05) is 6.61 Å². The number of aromatic nitrogens is 1. The van der Waals surface area contributed by atoms with Gasteiger partial charge in [0.2, 0.25) is 5.88 Å². The van der Waals surface area contributed by atoms with Crippen molar-refractivity contribution < 1.29 is 32.5 Å². The maximum atomic E-state index is 12.2. The van der Waals surface area contributed by atoms with Crippen LogP contribution in [0.5, 0.6) is 11.6 Å². The number of rotatable bonds is 4. The molecule has 1 heterocycles. The van der Waals surface area contributed by atoms with E-state index >= 15 is 0 Å². The molecule has 19 heavy (non-hydrogen) atoms. The first-order valence-corrected chi connectivity index (χ1v) is 5.14. The van der Waals surface area contributed by atoms with Crippen molar-refractivity contribution in [3.63, 3.8) is 0 Å². The molecule has 0 bridgehead atoms. The molecule has 0 aliphatic heterocycles. The van der Waals surface area contributed by atoms with Gasteiger partial charge in [-0.15, -0.1) is 13.2 Å². The average molecular weight is 280 g/mol. The van der Waals surface area contributed by atoms with Crippen LogP contribution < -0.4 is 10.5 Å². The van der Waals surface area contributed by atoms with Crippen molar-refractivity contribution in [3.8, 4) is 11.6 Å². The Balaban J connectivity index is 3.29. The second-order valence-corrected chi connectivity index (χ2v) is 3.27. The van der Waals surface area contributed by atoms with E-state index in [1.165, 1.54) is 6.92 Å². The van der Waals surface area contributed by atoms with E-state index in [0.29, 0.717) is 6.20 Å². The highest BCUT2D eigenvalue weighted by Crippen LogP contribution is 2.31. The largest absolute Gasteiger partial charge is 0.574 e. The highest BCUT2D eigenvalue weighted by atomic mass is 19.4. The quantitative estimate of drug-likeness (QED) is 0.808. The van der Waals surface area contributed by atoms with E-state index in [4.69, 9.17) is 5.73 Å². The van der Waals surface area contributed by atoms with Crippen molar-refractivity contribution in [2.24, 2.45) is 5.73 Å². The normalized spacial score (nSPS) is 11.2. The number of esters is 1. The summed E-state index contributed by atoms with van der Waals surface area (Å²) in [6, 6.07) is 0. The number of pyridine rings is 1. The van der Waals surface area contributed by atoms with Crippen LogP contribution in [-0.4, -0.2) is 29.0 Å². The lowest BCUT2D eigenvalue weighted by molar-refractivity contribution is -0.276. The van der Waals surface area contributed by atoms with Crippen LogP contribution >= 0.6 is 0 Å². The summed E-state index contributed by atoms with van der Waals surface area (Å²) in [4.78, 5) is 14.8. The molecule has 0 saturated heterocycles. The zero-order valence-corrected chi connectivity index (χ0v) is 9.82. The molecule has 0 aliphatic carbocycles. The topological polar surface area (TPSA) is 94.7 Å². The fourth-order valence-electron chi connectivity index (χ4n) is 1.34. The zero-order valence-electron chi connectivity index (χ0n) is 9.82. The van der Waals surface area contributed by atoms with Crippen molar-refractivity contribution in [2.45, 2.75) is 19.8 Å². The number of halogens is 3. The highest BCUT2D eigenvalue weighted by Gasteiger charge is 2.34. The molecule has 3 N–H and O–H groups in total. The van der Waals surface area contributed by atoms with Gasteiger partial charge in [0.15, 0.2) is 0 Å². The van der Waals surface area contributed by atoms with Crippen molar-refractivity contribution in [3.05, 3.63) is 17.3 Å². The number of nitrogens with zero attached hydrogens (tertiary/aromatic N) is 1. The molecule has 0 unspecified atom stereocenters. The van der Waals surface area contributed by atoms with E-state index in [0.717, 1.165) is 0 Å². The Hall–Kier alpha value is -2.03. The number of ether oxygens (including phenoxy) is 2. The summed E-state index contributed by atoms with van der Waals surface area (Å²) in [6.45, 7) is 1.01. The Morgan fingerprint density at radius 3 is 2.63 bits per heavy atom. The first-order chi connectivity index (χ1) is 8.80. The molecule has 0 fully saturated rings. The van der Waals surface area contributed by atoms with Crippen LogP contribution in [0.2, 0.25) is 0 Å². The summed E-state index contributed by atoms with van der Waals surface area (Å²) >= 11 is 0. The molecule has 0 aliphatic rings. The smallest absolute Gasteiger partial charge is 0.505 e. The predicted octanol–water partition coefficient (Wildman–Crippen LogP) is 1.32. The fraction of sp³-hybridized carbons (Fsp3) is 0.400. The van der Waals surface area contributed by atoms with E-state index in [1.54, 1.807) is 0 Å². The van der Waals surface area contributed by atoms with Crippen LogP contribution in [0.4, 0.5) is 13.2 Å². The molecule has 0 aromatic carbocycles. The molecular formula is C10H11F3N2O4. The zero-order chi connectivity index (χ0) is 14.6. The van der Waals surface area contributed by atoms with Gasteiger partial charge < -0.3 is 20.3 Å². The third kappa shape index (κ3) is 3.71. The van der Waals surface area contributed by atoms with Gasteiger partial charge in [0.25, 0.3) is 0 Å². The summed E-state index contributed by atoms with van der Waals surface area (Å²) in [6.07, 6.45) is -4.33. The lowest BCUT2D eigenvalue weighted by atomic mass is 10.1. The lowest BCUT2D eigenvalue weighted by Crippen LogP contribution is -2.21. The minimum atomic E-state index is -4.99. The first kappa shape index (κ1) is 15.0. The second kappa shape index (κ2) is 5.74. The predicted molar refractivity (Wildman–Crippen MR) is 56.4 cm³/mol. The standard InChI is InChI=1S/C10H11F3N2O4/c1-2-18-9(17)7-5(3-14)8(15-4-6(7)16)19-10(11,12)13/h4,16H,2-3,14H2,1H3. The number of nitrogens with two attached hydrogens (primary N) is 1. The van der Waals surface area contributed by atoms with Crippen LogP contribution in [0.15, 0.2) is 6.20 Å². The summed E-state index contributed by atoms with van der Waals surface area (Å²) in [5, 5.41) is 9.49. The van der Waals surface area contributed by atoms with Gasteiger partial charge >= 0.3 is 12.3 Å². The maximum Gasteiger partial charge on any atom is 0.574 e. The van der Waals surface area contributed by atoms with E-state index in [1.807, 2.05) is 0 Å². The summed E-state index contributed by atoms with van der Waals surface area (Å²) < 4.78 is 44.7. The summed E-state index contributed by atoms with van der Waals surface area (Å²) in [5.41, 5.74) is 4.40. The number of carbonyl (C=O) groups is 1. The van der Waals surface area contributed by atoms with Gasteiger partial charge in [-0.1, -0.05) is 0 Å². The van der Waals surface area contributed by atoms with Gasteiger partial charge in [0.05, 0.1) is 12.8 Å². The van der Waals surface area contributed by atoms with Crippen molar-refractivity contribution in [1.29, 1.82) is 0 Å². The Morgan fingerprint density at radius 1 is 1.53 bits per heavy atom. The average Bonchev–Trinajstić information content (AvgIpc) is 2.29. The third-order valence-corrected chi connectivity index (χ3v) is 2.02. The minimum Gasteiger partial charge on any atom is -0.505 e. The SMILES string of the molecule is CCOC(=O)c1c(O)cnc(OC(F)(F)F)c1CN. The molecule has 1 aromatic rings. The Labute approximate surface area is 105 Å². The van der Waals surface area contributed by atoms with Crippen molar-refractivity contribution in [1.82, 2.24) is 4.98 Å². The monoisotopic (exact) mass is 280 g/mol. The van der Waals surface area contributed by atoms with E-state index < -0.39 is 36.1 Å². The number of aromatic hydroxyl groups is 1. The molecule has 0 saturated carbocycles. The van der Waals surface area contributed by atoms with E-state index in [-0.39, 0.29) is 12.2 Å². The first-order valence-electron chi connectivity index (χ1n) is 5.14. The van der Waals surface area contributed by atoms with Gasteiger partial charge in [-0.05, 0) is 6.92 Å². The third-order valence-electron chi connectivity index (χ3n) is 2.02. The molecular weight excluding hydrogens is 269 g/mol. The Bertz CT molecular complexity index is 477. The van der Waals surface area contributed by atoms with Crippen LogP contribution in [-0.2, 0) is 11.3 Å². The lowest BCUT2D eigenvalue weighted by Gasteiger charge is -2.14. The van der Waals surface area contributed by atoms with Crippen molar-refractivity contribution >= 4 is 5.97 Å². The molecule has 6 nitrogen and oxygen atoms in total. The van der Waals surface area contributed by atoms with Gasteiger partial charge in [-0.3, -0.25) is 0 Å². The van der Waals surface area contributed by atoms with Gasteiger partial charge in [0.1, 0.15) is 11.3 Å². The van der Waals surface area contributed by atoms with Crippen LogP contribution in [0.25, 0.3) is 0 Å². The number of hydrogen-bond donors (Lipinski definition) is 2. The molecule has 9 heteroatoms. The minimum absolute atomic E-state index is 0.0138. The molecule has 1 aromatic heterocycles. The molecule has 106 valence electrons. The maximum absolute atomic E-state index is 12.2. The van der Waals surface area contributed by atoms with E-state index in [9.17, 15) is 23.1 Å². The summed E-state index contributed by atoms with van der Waals surface area (Å²) in [7, 11) is 0. The molecule has 0 atom stereocenters. The molecule has 1 rings (SSSR count). The number of alkyl halides is 3. The van der Waals surface area contributed by atoms with Crippen LogP contribution in [0.1, 0.15) is 22.8 Å². The second-order valence-electron chi connectivity index (χ2n) is 3.27. The molecule has 0 radical (unpaired) electrons. The Morgan fingerprint density at radius 2 is 2.16 bits per heavy atom. The molecule has 0 amide bonds. The van der Waals surface area contributed by atoms with Crippen LogP contribution in [0, 0.1) is 0 Å². The molecule has 0 spiro atoms. The van der Waals surface area contributed by atoms with Gasteiger partial charge in [0, 0.05) is 12.1 Å². The highest BCUT2D eigenvalue weighted by molar-refractivity contribution is 5.94. The van der Waals surface area contributed by atoms with Crippen LogP contribution in [0.3, 0.4) is 0 Å². The van der Waals surface area contributed by atoms with Gasteiger partial charge in [-0.2, -0.15) is 0 Å². The Kier molecular flexibility index (Phi) is 4.54. The van der Waals surface area contributed by atoms with E-state index in [2.05, 4.69) is 14.5 Å². The number of carbonyl (C=O) groups excluding carboxylic acids is 1. The number of hydrogen-bond acceptors (Lipinski definition) is 6. The fourth-order valence-corrected chi connectivity index (χ4v) is 1.34. The summed E-state index contributed by atoms with van der Waals surface area (Å²) in [5.74, 6) is -2.53.